The third-order valence-corrected chi connectivity index (χ3v) is 4.59. The maximum absolute atomic E-state index is 12.6. The lowest BCUT2D eigenvalue weighted by atomic mass is 10.1. The van der Waals surface area contributed by atoms with E-state index in [1.807, 2.05) is 37.8 Å². The molecular weight excluding hydrogens is 406 g/mol. The average molecular weight is 436 g/mol. The SMILES string of the molecule is CN(C)C(=N)N=C1/C(=C/c2cnc(N)nc2)CCN1c1ccnc(C(=O)NC(C)(C)C)c1. The van der Waals surface area contributed by atoms with Crippen molar-refractivity contribution in [3.63, 3.8) is 0 Å². The molecule has 2 aromatic rings. The van der Waals surface area contributed by atoms with Crippen LogP contribution in [0.3, 0.4) is 0 Å². The summed E-state index contributed by atoms with van der Waals surface area (Å²) in [5, 5.41) is 11.2. The standard InChI is InChI=1S/C22H29N9O/c1-22(2,3)29-19(32)17-11-16(6-8-25-17)31-9-7-15(18(31)28-21(24)30(4)5)10-14-12-26-20(23)27-13-14/h6,8,10-13,24H,7,9H2,1-5H3,(H,29,32)(H2,23,26,27)/b15-10+,24-21?,28-18?. The number of hydrogen-bond acceptors (Lipinski definition) is 6. The number of nitrogens with two attached hydrogens (primary N) is 1. The number of pyridine rings is 1. The van der Waals surface area contributed by atoms with Crippen LogP contribution in [0, 0.1) is 5.41 Å². The second kappa shape index (κ2) is 9.13. The van der Waals surface area contributed by atoms with Crippen LogP contribution in [-0.2, 0) is 0 Å². The Labute approximate surface area is 187 Å². The van der Waals surface area contributed by atoms with Crippen molar-refractivity contribution in [2.24, 2.45) is 4.99 Å². The summed E-state index contributed by atoms with van der Waals surface area (Å²) in [4.78, 5) is 33.1. The fraction of sp³-hybridized carbons (Fsp3) is 0.364. The van der Waals surface area contributed by atoms with Crippen molar-refractivity contribution < 1.29 is 4.79 Å². The fourth-order valence-corrected chi connectivity index (χ4v) is 3.08. The number of amidine groups is 1. The summed E-state index contributed by atoms with van der Waals surface area (Å²) in [6, 6.07) is 3.57. The zero-order valence-electron chi connectivity index (χ0n) is 19.0. The molecule has 1 aliphatic heterocycles. The molecule has 0 aromatic carbocycles. The molecule has 0 aliphatic carbocycles. The van der Waals surface area contributed by atoms with E-state index in [-0.39, 0.29) is 23.4 Å². The van der Waals surface area contributed by atoms with Crippen molar-refractivity contribution in [1.29, 1.82) is 5.41 Å². The quantitative estimate of drug-likeness (QED) is 0.496. The highest BCUT2D eigenvalue weighted by molar-refractivity contribution is 6.18. The lowest BCUT2D eigenvalue weighted by molar-refractivity contribution is 0.0914. The third-order valence-electron chi connectivity index (χ3n) is 4.59. The number of nitrogen functional groups attached to an aromatic ring is 1. The Balaban J connectivity index is 1.98. The summed E-state index contributed by atoms with van der Waals surface area (Å²) in [6.45, 7) is 6.41. The minimum atomic E-state index is -0.368. The summed E-state index contributed by atoms with van der Waals surface area (Å²) in [5.74, 6) is 0.717. The zero-order valence-corrected chi connectivity index (χ0v) is 19.0. The first-order chi connectivity index (χ1) is 15.0. The average Bonchev–Trinajstić information content (AvgIpc) is 3.10. The highest BCUT2D eigenvalue weighted by atomic mass is 16.2. The molecule has 3 heterocycles. The summed E-state index contributed by atoms with van der Waals surface area (Å²) in [6.07, 6.45) is 7.55. The van der Waals surface area contributed by atoms with Gasteiger partial charge in [0, 0.05) is 56.0 Å². The number of guanidine groups is 1. The zero-order chi connectivity index (χ0) is 23.5. The van der Waals surface area contributed by atoms with Gasteiger partial charge in [-0.3, -0.25) is 15.2 Å². The molecule has 168 valence electrons. The maximum atomic E-state index is 12.6. The molecule has 2 aromatic heterocycles. The molecule has 0 unspecified atom stereocenters. The Morgan fingerprint density at radius 2 is 1.97 bits per heavy atom. The predicted molar refractivity (Wildman–Crippen MR) is 127 cm³/mol. The van der Waals surface area contributed by atoms with Gasteiger partial charge in [0.2, 0.25) is 11.9 Å². The van der Waals surface area contributed by atoms with Crippen molar-refractivity contribution >= 4 is 35.4 Å². The van der Waals surface area contributed by atoms with Crippen molar-refractivity contribution in [2.75, 3.05) is 31.3 Å². The Morgan fingerprint density at radius 3 is 2.59 bits per heavy atom. The number of hydrogen-bond donors (Lipinski definition) is 3. The normalized spacial score (nSPS) is 16.5. The summed E-state index contributed by atoms with van der Waals surface area (Å²) >= 11 is 0. The third kappa shape index (κ3) is 5.65. The number of aliphatic imine (C=N–C) groups is 1. The highest BCUT2D eigenvalue weighted by Gasteiger charge is 2.27. The highest BCUT2D eigenvalue weighted by Crippen LogP contribution is 2.28. The van der Waals surface area contributed by atoms with Gasteiger partial charge in [-0.05, 0) is 51.0 Å². The van der Waals surface area contributed by atoms with Gasteiger partial charge in [0.05, 0.1) is 0 Å². The first-order valence-corrected chi connectivity index (χ1v) is 10.2. The molecule has 1 fully saturated rings. The molecule has 1 amide bonds. The van der Waals surface area contributed by atoms with E-state index in [0.717, 1.165) is 16.8 Å². The smallest absolute Gasteiger partial charge is 0.270 e. The fourth-order valence-electron chi connectivity index (χ4n) is 3.08. The largest absolute Gasteiger partial charge is 0.368 e. The molecule has 1 saturated heterocycles. The monoisotopic (exact) mass is 435 g/mol. The van der Waals surface area contributed by atoms with E-state index < -0.39 is 0 Å². The molecule has 32 heavy (non-hydrogen) atoms. The van der Waals surface area contributed by atoms with Gasteiger partial charge in [-0.15, -0.1) is 0 Å². The number of aromatic nitrogens is 3. The van der Waals surface area contributed by atoms with E-state index in [9.17, 15) is 4.79 Å². The van der Waals surface area contributed by atoms with E-state index in [0.29, 0.717) is 24.5 Å². The van der Waals surface area contributed by atoms with Crippen LogP contribution in [0.1, 0.15) is 43.2 Å². The van der Waals surface area contributed by atoms with E-state index in [2.05, 4.69) is 25.3 Å². The molecule has 0 radical (unpaired) electrons. The number of carbonyl (C=O) groups is 1. The van der Waals surface area contributed by atoms with Crippen LogP contribution >= 0.6 is 0 Å². The molecule has 4 N–H and O–H groups in total. The van der Waals surface area contributed by atoms with Gasteiger partial charge < -0.3 is 20.9 Å². The molecule has 10 nitrogen and oxygen atoms in total. The lowest BCUT2D eigenvalue weighted by Gasteiger charge is -2.22. The molecule has 0 atom stereocenters. The number of rotatable bonds is 3. The summed E-state index contributed by atoms with van der Waals surface area (Å²) in [7, 11) is 3.54. The molecule has 0 bridgehead atoms. The van der Waals surface area contributed by atoms with Gasteiger partial charge >= 0.3 is 0 Å². The van der Waals surface area contributed by atoms with Crippen LogP contribution in [0.15, 0.2) is 41.3 Å². The van der Waals surface area contributed by atoms with Crippen LogP contribution in [-0.4, -0.2) is 63.7 Å². The van der Waals surface area contributed by atoms with Gasteiger partial charge in [0.25, 0.3) is 5.91 Å². The van der Waals surface area contributed by atoms with Gasteiger partial charge in [-0.25, -0.2) is 9.97 Å². The molecule has 10 heteroatoms. The second-order valence-corrected chi connectivity index (χ2v) is 8.70. The van der Waals surface area contributed by atoms with Crippen molar-refractivity contribution in [1.82, 2.24) is 25.2 Å². The molecule has 0 spiro atoms. The van der Waals surface area contributed by atoms with Crippen LogP contribution in [0.5, 0.6) is 0 Å². The Kier molecular flexibility index (Phi) is 6.52. The predicted octanol–water partition coefficient (Wildman–Crippen LogP) is 2.17. The van der Waals surface area contributed by atoms with Gasteiger partial charge in [0.1, 0.15) is 11.5 Å². The van der Waals surface area contributed by atoms with Crippen LogP contribution < -0.4 is 16.0 Å². The number of nitrogens with one attached hydrogen (secondary N) is 2. The van der Waals surface area contributed by atoms with E-state index in [4.69, 9.17) is 11.1 Å². The van der Waals surface area contributed by atoms with E-state index in [1.165, 1.54) is 0 Å². The van der Waals surface area contributed by atoms with E-state index >= 15 is 0 Å². The van der Waals surface area contributed by atoms with Gasteiger partial charge in [-0.2, -0.15) is 4.99 Å². The number of amides is 1. The van der Waals surface area contributed by atoms with Crippen molar-refractivity contribution in [2.45, 2.75) is 32.7 Å². The Bertz CT molecular complexity index is 1070. The Morgan fingerprint density at radius 1 is 1.28 bits per heavy atom. The van der Waals surface area contributed by atoms with Crippen molar-refractivity contribution in [3.8, 4) is 0 Å². The second-order valence-electron chi connectivity index (χ2n) is 8.70. The van der Waals surface area contributed by atoms with Crippen LogP contribution in [0.2, 0.25) is 0 Å². The van der Waals surface area contributed by atoms with E-state index in [1.54, 1.807) is 43.7 Å². The van der Waals surface area contributed by atoms with Gasteiger partial charge in [-0.1, -0.05) is 0 Å². The molecule has 1 aliphatic rings. The van der Waals surface area contributed by atoms with Crippen molar-refractivity contribution in [3.05, 3.63) is 47.6 Å². The number of carbonyl (C=O) groups excluding carboxylic acids is 1. The number of anilines is 2. The molecular formula is C22H29N9O. The molecule has 0 saturated carbocycles. The summed E-state index contributed by atoms with van der Waals surface area (Å²) in [5.41, 5.74) is 8.05. The van der Waals surface area contributed by atoms with Crippen LogP contribution in [0.4, 0.5) is 11.6 Å². The lowest BCUT2D eigenvalue weighted by Crippen LogP contribution is -2.41. The Hall–Kier alpha value is -3.82. The minimum Gasteiger partial charge on any atom is -0.368 e. The molecule has 3 rings (SSSR count). The summed E-state index contributed by atoms with van der Waals surface area (Å²) < 4.78 is 0. The van der Waals surface area contributed by atoms with Gasteiger partial charge in [0.15, 0.2) is 0 Å². The minimum absolute atomic E-state index is 0.117. The number of nitrogens with zero attached hydrogens (tertiary/aromatic N) is 6. The first-order valence-electron chi connectivity index (χ1n) is 10.2. The first kappa shape index (κ1) is 22.9. The maximum Gasteiger partial charge on any atom is 0.270 e. The van der Waals surface area contributed by atoms with Crippen LogP contribution in [0.25, 0.3) is 6.08 Å². The topological polar surface area (TPSA) is 136 Å².